The predicted molar refractivity (Wildman–Crippen MR) is 123 cm³/mol. The number of rotatable bonds is 6. The van der Waals surface area contributed by atoms with Crippen molar-refractivity contribution >= 4 is 38.5 Å². The van der Waals surface area contributed by atoms with E-state index in [9.17, 15) is 14.7 Å². The molecule has 30 heavy (non-hydrogen) atoms. The summed E-state index contributed by atoms with van der Waals surface area (Å²) in [4.78, 5) is 29.4. The number of amides is 2. The molecule has 0 aromatic heterocycles. The van der Waals surface area contributed by atoms with Gasteiger partial charge in [-0.2, -0.15) is 0 Å². The van der Waals surface area contributed by atoms with Gasteiger partial charge in [-0.3, -0.25) is 9.59 Å². The maximum Gasteiger partial charge on any atom is 0.254 e. The van der Waals surface area contributed by atoms with Gasteiger partial charge in [0.05, 0.1) is 0 Å². The lowest BCUT2D eigenvalue weighted by molar-refractivity contribution is 0.0647. The molecule has 0 heterocycles. The third kappa shape index (κ3) is 4.82. The predicted octanol–water partition coefficient (Wildman–Crippen LogP) is 4.93. The fraction of sp³-hybridized carbons (Fsp3) is 0.250. The maximum absolute atomic E-state index is 13.4. The molecule has 0 unspecified atom stereocenters. The summed E-state index contributed by atoms with van der Waals surface area (Å²) >= 11 is 3.51. The number of fused-ring (bicyclic) bond motifs is 1. The fourth-order valence-electron chi connectivity index (χ4n) is 3.38. The minimum absolute atomic E-state index is 0.0209. The molecular weight excluding hydrogens is 444 g/mol. The molecular formula is C24H25BrN2O3. The second kappa shape index (κ2) is 9.30. The molecule has 0 radical (unpaired) electrons. The quantitative estimate of drug-likeness (QED) is 0.557. The Balaban J connectivity index is 1.79. The first-order valence-electron chi connectivity index (χ1n) is 9.81. The van der Waals surface area contributed by atoms with Gasteiger partial charge in [-0.05, 0) is 61.0 Å². The zero-order valence-electron chi connectivity index (χ0n) is 17.3. The van der Waals surface area contributed by atoms with Crippen LogP contribution in [0.2, 0.25) is 0 Å². The monoisotopic (exact) mass is 468 g/mol. The summed E-state index contributed by atoms with van der Waals surface area (Å²) < 4.78 is 0.855. The molecule has 2 amide bonds. The number of carbonyl (C=O) groups excluding carboxylic acids is 2. The van der Waals surface area contributed by atoms with Crippen LogP contribution in [0.25, 0.3) is 10.8 Å². The first-order valence-corrected chi connectivity index (χ1v) is 10.6. The van der Waals surface area contributed by atoms with Crippen molar-refractivity contribution < 1.29 is 14.7 Å². The maximum atomic E-state index is 13.4. The van der Waals surface area contributed by atoms with Crippen LogP contribution in [0, 0.1) is 0 Å². The van der Waals surface area contributed by atoms with E-state index in [1.165, 1.54) is 12.1 Å². The Morgan fingerprint density at radius 3 is 2.30 bits per heavy atom. The van der Waals surface area contributed by atoms with E-state index in [0.29, 0.717) is 24.2 Å². The molecule has 3 aromatic carbocycles. The van der Waals surface area contributed by atoms with E-state index in [4.69, 9.17) is 0 Å². The van der Waals surface area contributed by atoms with Crippen LogP contribution in [0.5, 0.6) is 5.75 Å². The number of carbonyl (C=O) groups is 2. The second-order valence-corrected chi connectivity index (χ2v) is 8.46. The highest BCUT2D eigenvalue weighted by Gasteiger charge is 2.22. The number of phenols is 1. The molecule has 3 aromatic rings. The molecule has 0 aliphatic carbocycles. The van der Waals surface area contributed by atoms with Crippen molar-refractivity contribution in [2.75, 3.05) is 20.1 Å². The van der Waals surface area contributed by atoms with Gasteiger partial charge in [0, 0.05) is 41.8 Å². The Morgan fingerprint density at radius 1 is 0.967 bits per heavy atom. The summed E-state index contributed by atoms with van der Waals surface area (Å²) in [6, 6.07) is 17.8. The van der Waals surface area contributed by atoms with E-state index in [-0.39, 0.29) is 23.6 Å². The molecule has 0 saturated heterocycles. The molecule has 0 aliphatic rings. The van der Waals surface area contributed by atoms with Crippen LogP contribution in [-0.4, -0.2) is 52.9 Å². The highest BCUT2D eigenvalue weighted by atomic mass is 79.9. The molecule has 0 atom stereocenters. The van der Waals surface area contributed by atoms with Gasteiger partial charge in [0.25, 0.3) is 11.8 Å². The lowest BCUT2D eigenvalue weighted by atomic mass is 10.0. The lowest BCUT2D eigenvalue weighted by Gasteiger charge is -2.29. The summed E-state index contributed by atoms with van der Waals surface area (Å²) in [7, 11) is 1.71. The van der Waals surface area contributed by atoms with E-state index < -0.39 is 0 Å². The third-order valence-corrected chi connectivity index (χ3v) is 5.54. The summed E-state index contributed by atoms with van der Waals surface area (Å²) in [6.07, 6.45) is 0. The highest BCUT2D eigenvalue weighted by molar-refractivity contribution is 9.10. The summed E-state index contributed by atoms with van der Waals surface area (Å²) in [5.74, 6) is -0.0981. The van der Waals surface area contributed by atoms with Gasteiger partial charge in [0.2, 0.25) is 0 Å². The van der Waals surface area contributed by atoms with Gasteiger partial charge in [-0.15, -0.1) is 0 Å². The minimum atomic E-state index is -0.154. The smallest absolute Gasteiger partial charge is 0.254 e. The van der Waals surface area contributed by atoms with Crippen LogP contribution in [-0.2, 0) is 0 Å². The van der Waals surface area contributed by atoms with Crippen molar-refractivity contribution in [1.29, 1.82) is 0 Å². The summed E-state index contributed by atoms with van der Waals surface area (Å²) in [5, 5.41) is 11.3. The number of aromatic hydroxyl groups is 1. The van der Waals surface area contributed by atoms with E-state index in [2.05, 4.69) is 15.9 Å². The van der Waals surface area contributed by atoms with E-state index in [0.717, 1.165) is 15.2 Å². The van der Waals surface area contributed by atoms with Gasteiger partial charge in [0.15, 0.2) is 0 Å². The fourth-order valence-corrected chi connectivity index (χ4v) is 3.86. The van der Waals surface area contributed by atoms with Gasteiger partial charge < -0.3 is 14.9 Å². The Hall–Kier alpha value is -2.86. The highest BCUT2D eigenvalue weighted by Crippen LogP contribution is 2.26. The number of phenolic OH excluding ortho intramolecular Hbond substituents is 1. The number of likely N-dealkylation sites (N-methyl/N-ethyl adjacent to an activating group) is 1. The Kier molecular flexibility index (Phi) is 6.77. The normalized spacial score (nSPS) is 11.0. The first kappa shape index (κ1) is 21.8. The van der Waals surface area contributed by atoms with E-state index in [1.807, 2.05) is 50.2 Å². The van der Waals surface area contributed by atoms with Crippen molar-refractivity contribution in [3.05, 3.63) is 76.3 Å². The van der Waals surface area contributed by atoms with Crippen LogP contribution in [0.1, 0.15) is 34.6 Å². The van der Waals surface area contributed by atoms with Crippen molar-refractivity contribution in [2.45, 2.75) is 19.9 Å². The molecule has 0 aliphatic heterocycles. The number of benzene rings is 3. The number of halogens is 1. The average Bonchev–Trinajstić information content (AvgIpc) is 2.72. The van der Waals surface area contributed by atoms with Crippen LogP contribution in [0.15, 0.2) is 65.1 Å². The number of hydrogen-bond donors (Lipinski definition) is 1. The van der Waals surface area contributed by atoms with Crippen LogP contribution < -0.4 is 0 Å². The molecule has 5 nitrogen and oxygen atoms in total. The minimum Gasteiger partial charge on any atom is -0.508 e. The Morgan fingerprint density at radius 2 is 1.63 bits per heavy atom. The van der Waals surface area contributed by atoms with Gasteiger partial charge in [-0.1, -0.05) is 40.2 Å². The molecule has 6 heteroatoms. The van der Waals surface area contributed by atoms with E-state index >= 15 is 0 Å². The third-order valence-electron chi connectivity index (χ3n) is 5.08. The molecule has 3 rings (SSSR count). The average molecular weight is 469 g/mol. The van der Waals surface area contributed by atoms with Gasteiger partial charge in [-0.25, -0.2) is 0 Å². The van der Waals surface area contributed by atoms with Gasteiger partial charge in [0.1, 0.15) is 5.75 Å². The van der Waals surface area contributed by atoms with Crippen LogP contribution >= 0.6 is 15.9 Å². The lowest BCUT2D eigenvalue weighted by Crippen LogP contribution is -2.43. The molecule has 0 spiro atoms. The molecule has 156 valence electrons. The van der Waals surface area contributed by atoms with Crippen molar-refractivity contribution in [2.24, 2.45) is 0 Å². The molecule has 0 bridgehead atoms. The largest absolute Gasteiger partial charge is 0.508 e. The zero-order valence-corrected chi connectivity index (χ0v) is 18.9. The molecule has 1 N–H and O–H groups in total. The Bertz CT molecular complexity index is 1060. The van der Waals surface area contributed by atoms with Crippen LogP contribution in [0.3, 0.4) is 0 Å². The van der Waals surface area contributed by atoms with E-state index in [1.54, 1.807) is 29.0 Å². The molecule has 0 saturated carbocycles. The Labute approximate surface area is 185 Å². The zero-order chi connectivity index (χ0) is 21.8. The van der Waals surface area contributed by atoms with Gasteiger partial charge >= 0.3 is 0 Å². The second-order valence-electron chi connectivity index (χ2n) is 7.54. The first-order chi connectivity index (χ1) is 14.3. The number of nitrogens with zero attached hydrogens (tertiary/aromatic N) is 2. The van der Waals surface area contributed by atoms with Crippen molar-refractivity contribution in [3.63, 3.8) is 0 Å². The van der Waals surface area contributed by atoms with Crippen molar-refractivity contribution in [3.8, 4) is 5.75 Å². The number of hydrogen-bond acceptors (Lipinski definition) is 3. The van der Waals surface area contributed by atoms with Crippen LogP contribution in [0.4, 0.5) is 0 Å². The summed E-state index contributed by atoms with van der Waals surface area (Å²) in [5.41, 5.74) is 1.14. The SMILES string of the molecule is CC(C)N(CCN(C)C(=O)c1ccc(O)cc1)C(=O)c1cc(Br)cc2ccccc12. The van der Waals surface area contributed by atoms with Crippen molar-refractivity contribution in [1.82, 2.24) is 9.80 Å². The summed E-state index contributed by atoms with van der Waals surface area (Å²) in [6.45, 7) is 4.76. The standard InChI is InChI=1S/C24H25BrN2O3/c1-16(2)27(13-12-26(3)23(29)17-8-10-20(28)11-9-17)24(30)22-15-19(25)14-18-6-4-5-7-21(18)22/h4-11,14-16,28H,12-13H2,1-3H3. The topological polar surface area (TPSA) is 60.9 Å². The molecule has 0 fully saturated rings.